The molecule has 1 aliphatic carbocycles. The van der Waals surface area contributed by atoms with Crippen LogP contribution < -0.4 is 5.32 Å². The summed E-state index contributed by atoms with van der Waals surface area (Å²) in [4.78, 5) is 0. The first-order valence-electron chi connectivity index (χ1n) is 5.58. The van der Waals surface area contributed by atoms with Gasteiger partial charge in [-0.15, -0.1) is 0 Å². The van der Waals surface area contributed by atoms with Crippen LogP contribution >= 0.6 is 11.8 Å². The van der Waals surface area contributed by atoms with Crippen LogP contribution in [0.3, 0.4) is 0 Å². The van der Waals surface area contributed by atoms with Crippen molar-refractivity contribution in [2.75, 3.05) is 5.75 Å². The highest BCUT2D eigenvalue weighted by Gasteiger charge is 2.24. The van der Waals surface area contributed by atoms with E-state index in [1.165, 1.54) is 12.8 Å². The van der Waals surface area contributed by atoms with E-state index in [1.807, 2.05) is 13.8 Å². The highest BCUT2D eigenvalue weighted by Crippen LogP contribution is 2.21. The van der Waals surface area contributed by atoms with Crippen molar-refractivity contribution in [2.45, 2.75) is 56.5 Å². The van der Waals surface area contributed by atoms with Gasteiger partial charge < -0.3 is 5.11 Å². The van der Waals surface area contributed by atoms with Crippen LogP contribution in [0.15, 0.2) is 0 Å². The fourth-order valence-electron chi connectivity index (χ4n) is 1.23. The molecule has 0 aromatic heterocycles. The molecule has 86 valence electrons. The first-order valence-corrected chi connectivity index (χ1v) is 6.63. The maximum atomic E-state index is 9.30. The van der Waals surface area contributed by atoms with E-state index < -0.39 is 0 Å². The second-order valence-electron chi connectivity index (χ2n) is 4.23. The van der Waals surface area contributed by atoms with E-state index in [2.05, 4.69) is 11.4 Å². The number of aliphatic hydroxyl groups excluding tert-OH is 1. The quantitative estimate of drug-likeness (QED) is 0.694. The maximum absolute atomic E-state index is 9.30. The van der Waals surface area contributed by atoms with Gasteiger partial charge in [0.2, 0.25) is 0 Å². The van der Waals surface area contributed by atoms with Crippen LogP contribution in [0, 0.1) is 11.3 Å². The van der Waals surface area contributed by atoms with E-state index in [-0.39, 0.29) is 17.4 Å². The van der Waals surface area contributed by atoms with Gasteiger partial charge in [0.25, 0.3) is 0 Å². The molecule has 0 aromatic rings. The lowest BCUT2D eigenvalue weighted by Gasteiger charge is -2.15. The monoisotopic (exact) mass is 228 g/mol. The number of thioether (sulfide) groups is 1. The summed E-state index contributed by atoms with van der Waals surface area (Å²) in [6.07, 6.45) is 3.03. The SMILES string of the molecule is CC(O)C(C)SCCC(C#N)NC1CC1. The van der Waals surface area contributed by atoms with Gasteiger partial charge in [0.1, 0.15) is 0 Å². The molecule has 1 aliphatic rings. The van der Waals surface area contributed by atoms with Gasteiger partial charge in [-0.05, 0) is 31.9 Å². The highest BCUT2D eigenvalue weighted by molar-refractivity contribution is 7.99. The van der Waals surface area contributed by atoms with Gasteiger partial charge >= 0.3 is 0 Å². The van der Waals surface area contributed by atoms with Gasteiger partial charge in [-0.25, -0.2) is 0 Å². The maximum Gasteiger partial charge on any atom is 0.0963 e. The lowest BCUT2D eigenvalue weighted by molar-refractivity contribution is 0.196. The number of hydrogen-bond donors (Lipinski definition) is 2. The average molecular weight is 228 g/mol. The van der Waals surface area contributed by atoms with Crippen LogP contribution in [-0.2, 0) is 0 Å². The normalized spacial score (nSPS) is 21.7. The second-order valence-corrected chi connectivity index (χ2v) is 5.71. The Morgan fingerprint density at radius 3 is 2.67 bits per heavy atom. The zero-order valence-electron chi connectivity index (χ0n) is 9.44. The predicted molar refractivity (Wildman–Crippen MR) is 63.8 cm³/mol. The molecule has 15 heavy (non-hydrogen) atoms. The first kappa shape index (κ1) is 12.8. The molecule has 0 bridgehead atoms. The predicted octanol–water partition coefficient (Wildman–Crippen LogP) is 1.52. The van der Waals surface area contributed by atoms with Crippen LogP contribution in [0.2, 0.25) is 0 Å². The van der Waals surface area contributed by atoms with Crippen molar-refractivity contribution < 1.29 is 5.11 Å². The van der Waals surface area contributed by atoms with Crippen LogP contribution in [0.25, 0.3) is 0 Å². The standard InChI is InChI=1S/C11H20N2OS/c1-8(14)9(2)15-6-5-11(7-12)13-10-3-4-10/h8-11,13-14H,3-6H2,1-2H3. The van der Waals surface area contributed by atoms with Crippen LogP contribution in [-0.4, -0.2) is 34.3 Å². The smallest absolute Gasteiger partial charge is 0.0963 e. The summed E-state index contributed by atoms with van der Waals surface area (Å²) in [6, 6.07) is 2.87. The molecule has 2 N–H and O–H groups in total. The highest BCUT2D eigenvalue weighted by atomic mass is 32.2. The van der Waals surface area contributed by atoms with Gasteiger partial charge in [0, 0.05) is 11.3 Å². The largest absolute Gasteiger partial charge is 0.392 e. The van der Waals surface area contributed by atoms with Crippen molar-refractivity contribution >= 4 is 11.8 Å². The van der Waals surface area contributed by atoms with Crippen LogP contribution in [0.4, 0.5) is 0 Å². The van der Waals surface area contributed by atoms with Gasteiger partial charge in [-0.3, -0.25) is 5.32 Å². The van der Waals surface area contributed by atoms with Crippen LogP contribution in [0.5, 0.6) is 0 Å². The molecule has 0 spiro atoms. The molecule has 0 aromatic carbocycles. The zero-order valence-corrected chi connectivity index (χ0v) is 10.3. The van der Waals surface area contributed by atoms with Crippen molar-refractivity contribution in [3.63, 3.8) is 0 Å². The molecule has 3 nitrogen and oxygen atoms in total. The van der Waals surface area contributed by atoms with E-state index in [1.54, 1.807) is 11.8 Å². The Morgan fingerprint density at radius 2 is 2.20 bits per heavy atom. The topological polar surface area (TPSA) is 56.0 Å². The molecular formula is C11H20N2OS. The van der Waals surface area contributed by atoms with E-state index in [4.69, 9.17) is 5.26 Å². The molecule has 4 heteroatoms. The summed E-state index contributed by atoms with van der Waals surface area (Å²) < 4.78 is 0. The summed E-state index contributed by atoms with van der Waals surface area (Å²) in [7, 11) is 0. The number of nitrogens with zero attached hydrogens (tertiary/aromatic N) is 1. The van der Waals surface area contributed by atoms with E-state index >= 15 is 0 Å². The number of aliphatic hydroxyl groups is 1. The molecular weight excluding hydrogens is 208 g/mol. The molecule has 0 heterocycles. The Balaban J connectivity index is 2.08. The molecule has 0 radical (unpaired) electrons. The minimum atomic E-state index is -0.271. The molecule has 1 fully saturated rings. The minimum absolute atomic E-state index is 0.00815. The Kier molecular flexibility index (Phi) is 5.44. The van der Waals surface area contributed by atoms with Crippen molar-refractivity contribution in [1.29, 1.82) is 5.26 Å². The lowest BCUT2D eigenvalue weighted by Crippen LogP contribution is -2.30. The fourth-order valence-corrected chi connectivity index (χ4v) is 2.25. The van der Waals surface area contributed by atoms with Gasteiger partial charge in [0.15, 0.2) is 0 Å². The average Bonchev–Trinajstić information content (AvgIpc) is 2.99. The third-order valence-corrected chi connectivity index (χ3v) is 4.03. The Labute approximate surface area is 96.2 Å². The third kappa shape index (κ3) is 5.41. The second kappa shape index (κ2) is 6.37. The number of nitriles is 1. The summed E-state index contributed by atoms with van der Waals surface area (Å²) in [5, 5.41) is 21.8. The van der Waals surface area contributed by atoms with Crippen molar-refractivity contribution in [3.8, 4) is 6.07 Å². The minimum Gasteiger partial charge on any atom is -0.392 e. The molecule has 3 atom stereocenters. The fraction of sp³-hybridized carbons (Fsp3) is 0.909. The molecule has 0 aliphatic heterocycles. The molecule has 1 saturated carbocycles. The molecule has 0 saturated heterocycles. The number of nitrogens with one attached hydrogen (secondary N) is 1. The molecule has 0 amide bonds. The van der Waals surface area contributed by atoms with Crippen molar-refractivity contribution in [2.24, 2.45) is 0 Å². The van der Waals surface area contributed by atoms with E-state index in [0.29, 0.717) is 6.04 Å². The van der Waals surface area contributed by atoms with Crippen LogP contribution in [0.1, 0.15) is 33.1 Å². The van der Waals surface area contributed by atoms with E-state index in [0.717, 1.165) is 12.2 Å². The summed E-state index contributed by atoms with van der Waals surface area (Å²) in [6.45, 7) is 3.83. The number of rotatable bonds is 7. The lowest BCUT2D eigenvalue weighted by atomic mass is 10.2. The Hall–Kier alpha value is -0.240. The first-order chi connectivity index (χ1) is 7.13. The van der Waals surface area contributed by atoms with E-state index in [9.17, 15) is 5.11 Å². The third-order valence-electron chi connectivity index (χ3n) is 2.64. The van der Waals surface area contributed by atoms with Gasteiger partial charge in [-0.1, -0.05) is 6.92 Å². The van der Waals surface area contributed by atoms with Gasteiger partial charge in [0.05, 0.1) is 18.2 Å². The molecule has 1 rings (SSSR count). The molecule has 3 unspecified atom stereocenters. The van der Waals surface area contributed by atoms with Gasteiger partial charge in [-0.2, -0.15) is 17.0 Å². The number of hydrogen-bond acceptors (Lipinski definition) is 4. The summed E-state index contributed by atoms with van der Waals surface area (Å²) >= 11 is 1.73. The Bertz CT molecular complexity index is 223. The zero-order chi connectivity index (χ0) is 11.3. The summed E-state index contributed by atoms with van der Waals surface area (Å²) in [5.41, 5.74) is 0. The Morgan fingerprint density at radius 1 is 1.53 bits per heavy atom. The van der Waals surface area contributed by atoms with Crippen molar-refractivity contribution in [3.05, 3.63) is 0 Å². The van der Waals surface area contributed by atoms with Crippen molar-refractivity contribution in [1.82, 2.24) is 5.32 Å². The summed E-state index contributed by atoms with van der Waals surface area (Å²) in [5.74, 6) is 0.935.